The quantitative estimate of drug-likeness (QED) is 0.849. The molecule has 1 aromatic rings. The Kier molecular flexibility index (Phi) is 5.14. The van der Waals surface area contributed by atoms with Crippen LogP contribution in [0.15, 0.2) is 24.3 Å². The maximum Gasteiger partial charge on any atom is 0.240 e. The van der Waals surface area contributed by atoms with Crippen LogP contribution in [-0.4, -0.2) is 18.6 Å². The molecule has 0 bridgehead atoms. The Hall–Kier alpha value is -1.10. The molecule has 18 heavy (non-hydrogen) atoms. The standard InChI is InChI=1S/C13H18N2O2.ClH/c1-17-9-11-4-2-3-10(7-11)8-15-12(16)13(14)5-6-13;/h2-4,7H,5-6,8-9,14H2,1H3,(H,15,16);1H. The molecule has 0 saturated heterocycles. The van der Waals surface area contributed by atoms with Gasteiger partial charge in [-0.2, -0.15) is 0 Å². The Morgan fingerprint density at radius 1 is 1.44 bits per heavy atom. The number of carbonyl (C=O) groups excluding carboxylic acids is 1. The summed E-state index contributed by atoms with van der Waals surface area (Å²) in [5.41, 5.74) is 7.38. The minimum atomic E-state index is -0.593. The largest absolute Gasteiger partial charge is 0.380 e. The Morgan fingerprint density at radius 3 is 2.72 bits per heavy atom. The summed E-state index contributed by atoms with van der Waals surface area (Å²) < 4.78 is 5.07. The topological polar surface area (TPSA) is 64.3 Å². The zero-order chi connectivity index (χ0) is 12.3. The highest BCUT2D eigenvalue weighted by molar-refractivity contribution is 5.88. The number of nitrogens with one attached hydrogen (secondary N) is 1. The lowest BCUT2D eigenvalue weighted by molar-refractivity contribution is -0.123. The lowest BCUT2D eigenvalue weighted by Gasteiger charge is -2.10. The second-order valence-corrected chi connectivity index (χ2v) is 4.59. The minimum absolute atomic E-state index is 0. The molecule has 1 amide bonds. The molecule has 0 radical (unpaired) electrons. The van der Waals surface area contributed by atoms with Gasteiger partial charge < -0.3 is 15.8 Å². The molecular weight excluding hydrogens is 252 g/mol. The van der Waals surface area contributed by atoms with E-state index in [0.29, 0.717) is 13.2 Å². The number of hydrogen-bond acceptors (Lipinski definition) is 3. The normalized spacial score (nSPS) is 15.7. The number of amides is 1. The molecule has 0 aliphatic heterocycles. The molecule has 1 saturated carbocycles. The molecule has 4 nitrogen and oxygen atoms in total. The first kappa shape index (κ1) is 15.0. The second kappa shape index (κ2) is 6.18. The predicted octanol–water partition coefficient (Wildman–Crippen LogP) is 1.36. The van der Waals surface area contributed by atoms with Crippen molar-refractivity contribution >= 4 is 18.3 Å². The first-order valence-corrected chi connectivity index (χ1v) is 5.78. The van der Waals surface area contributed by atoms with Gasteiger partial charge in [-0.1, -0.05) is 24.3 Å². The van der Waals surface area contributed by atoms with Crippen molar-refractivity contribution in [3.63, 3.8) is 0 Å². The van der Waals surface area contributed by atoms with Crippen LogP contribution in [0.25, 0.3) is 0 Å². The van der Waals surface area contributed by atoms with Crippen molar-refractivity contribution in [3.8, 4) is 0 Å². The number of halogens is 1. The van der Waals surface area contributed by atoms with Crippen molar-refractivity contribution in [1.82, 2.24) is 5.32 Å². The lowest BCUT2D eigenvalue weighted by atomic mass is 10.1. The third kappa shape index (κ3) is 3.70. The number of methoxy groups -OCH3 is 1. The van der Waals surface area contributed by atoms with Gasteiger partial charge in [0.05, 0.1) is 12.1 Å². The predicted molar refractivity (Wildman–Crippen MR) is 72.4 cm³/mol. The van der Waals surface area contributed by atoms with Crippen LogP contribution in [0.3, 0.4) is 0 Å². The molecular formula is C13H19ClN2O2. The van der Waals surface area contributed by atoms with Crippen LogP contribution in [0.4, 0.5) is 0 Å². The summed E-state index contributed by atoms with van der Waals surface area (Å²) in [6.07, 6.45) is 1.59. The highest BCUT2D eigenvalue weighted by Gasteiger charge is 2.45. The van der Waals surface area contributed by atoms with Gasteiger partial charge in [0, 0.05) is 13.7 Å². The van der Waals surface area contributed by atoms with E-state index in [1.54, 1.807) is 7.11 Å². The van der Waals surface area contributed by atoms with Crippen LogP contribution in [0.2, 0.25) is 0 Å². The highest BCUT2D eigenvalue weighted by atomic mass is 35.5. The van der Waals surface area contributed by atoms with E-state index in [4.69, 9.17) is 10.5 Å². The van der Waals surface area contributed by atoms with Gasteiger partial charge in [-0.15, -0.1) is 12.4 Å². The summed E-state index contributed by atoms with van der Waals surface area (Å²) in [6.45, 7) is 1.11. The molecule has 1 aliphatic carbocycles. The maximum absolute atomic E-state index is 11.7. The number of rotatable bonds is 5. The van der Waals surface area contributed by atoms with Crippen LogP contribution < -0.4 is 11.1 Å². The Labute approximate surface area is 113 Å². The monoisotopic (exact) mass is 270 g/mol. The van der Waals surface area contributed by atoms with Crippen molar-refractivity contribution in [3.05, 3.63) is 35.4 Å². The van der Waals surface area contributed by atoms with Gasteiger partial charge in [0.2, 0.25) is 5.91 Å². The van der Waals surface area contributed by atoms with Crippen LogP contribution in [0.1, 0.15) is 24.0 Å². The van der Waals surface area contributed by atoms with E-state index in [1.165, 1.54) is 0 Å². The van der Waals surface area contributed by atoms with Gasteiger partial charge in [-0.05, 0) is 24.0 Å². The molecule has 0 heterocycles. The highest BCUT2D eigenvalue weighted by Crippen LogP contribution is 2.32. The van der Waals surface area contributed by atoms with Gasteiger partial charge in [-0.3, -0.25) is 4.79 Å². The third-order valence-electron chi connectivity index (χ3n) is 3.00. The fraction of sp³-hybridized carbons (Fsp3) is 0.462. The average molecular weight is 271 g/mol. The molecule has 1 aromatic carbocycles. The van der Waals surface area contributed by atoms with Gasteiger partial charge in [0.1, 0.15) is 0 Å². The van der Waals surface area contributed by atoms with E-state index in [1.807, 2.05) is 24.3 Å². The number of ether oxygens (including phenoxy) is 1. The third-order valence-corrected chi connectivity index (χ3v) is 3.00. The van der Waals surface area contributed by atoms with E-state index in [2.05, 4.69) is 5.32 Å². The fourth-order valence-corrected chi connectivity index (χ4v) is 1.72. The summed E-state index contributed by atoms with van der Waals surface area (Å²) in [4.78, 5) is 11.7. The Bertz CT molecular complexity index is 419. The van der Waals surface area contributed by atoms with Crippen LogP contribution >= 0.6 is 12.4 Å². The van der Waals surface area contributed by atoms with E-state index in [0.717, 1.165) is 24.0 Å². The van der Waals surface area contributed by atoms with E-state index < -0.39 is 5.54 Å². The molecule has 1 aliphatic rings. The first-order valence-electron chi connectivity index (χ1n) is 5.78. The zero-order valence-electron chi connectivity index (χ0n) is 10.4. The number of hydrogen-bond donors (Lipinski definition) is 2. The first-order chi connectivity index (χ1) is 8.14. The molecule has 0 aromatic heterocycles. The molecule has 2 rings (SSSR count). The Morgan fingerprint density at radius 2 is 2.11 bits per heavy atom. The van der Waals surface area contributed by atoms with E-state index >= 15 is 0 Å². The van der Waals surface area contributed by atoms with Crippen LogP contribution in [-0.2, 0) is 22.7 Å². The number of carbonyl (C=O) groups is 1. The smallest absolute Gasteiger partial charge is 0.240 e. The van der Waals surface area contributed by atoms with E-state index in [-0.39, 0.29) is 18.3 Å². The molecule has 100 valence electrons. The van der Waals surface area contributed by atoms with Crippen molar-refractivity contribution in [1.29, 1.82) is 0 Å². The SMILES string of the molecule is COCc1cccc(CNC(=O)C2(N)CC2)c1.Cl. The van der Waals surface area contributed by atoms with Gasteiger partial charge in [-0.25, -0.2) is 0 Å². The van der Waals surface area contributed by atoms with Crippen LogP contribution in [0, 0.1) is 0 Å². The lowest BCUT2D eigenvalue weighted by Crippen LogP contribution is -2.42. The van der Waals surface area contributed by atoms with Gasteiger partial charge in [0.25, 0.3) is 0 Å². The minimum Gasteiger partial charge on any atom is -0.380 e. The maximum atomic E-state index is 11.7. The van der Waals surface area contributed by atoms with Gasteiger partial charge >= 0.3 is 0 Å². The van der Waals surface area contributed by atoms with E-state index in [9.17, 15) is 4.79 Å². The molecule has 0 unspecified atom stereocenters. The number of benzene rings is 1. The molecule has 5 heteroatoms. The van der Waals surface area contributed by atoms with Gasteiger partial charge in [0.15, 0.2) is 0 Å². The summed E-state index contributed by atoms with van der Waals surface area (Å²) in [5.74, 6) is -0.0466. The van der Waals surface area contributed by atoms with Crippen LogP contribution in [0.5, 0.6) is 0 Å². The summed E-state index contributed by atoms with van der Waals surface area (Å²) in [5, 5.41) is 2.87. The molecule has 3 N–H and O–H groups in total. The molecule has 1 fully saturated rings. The van der Waals surface area contributed by atoms with Crippen molar-refractivity contribution in [2.45, 2.75) is 31.5 Å². The fourth-order valence-electron chi connectivity index (χ4n) is 1.72. The summed E-state index contributed by atoms with van der Waals surface area (Å²) in [7, 11) is 1.67. The Balaban J connectivity index is 0.00000162. The van der Waals surface area contributed by atoms with Crippen molar-refractivity contribution in [2.75, 3.05) is 7.11 Å². The summed E-state index contributed by atoms with van der Waals surface area (Å²) in [6, 6.07) is 7.97. The summed E-state index contributed by atoms with van der Waals surface area (Å²) >= 11 is 0. The zero-order valence-corrected chi connectivity index (χ0v) is 11.3. The molecule has 0 spiro atoms. The second-order valence-electron chi connectivity index (χ2n) is 4.59. The van der Waals surface area contributed by atoms with Crippen molar-refractivity contribution in [2.24, 2.45) is 5.73 Å². The molecule has 0 atom stereocenters. The number of nitrogens with two attached hydrogens (primary N) is 1. The van der Waals surface area contributed by atoms with Crippen molar-refractivity contribution < 1.29 is 9.53 Å². The average Bonchev–Trinajstić information content (AvgIpc) is 3.07.